The van der Waals surface area contributed by atoms with Gasteiger partial charge in [0.25, 0.3) is 0 Å². The van der Waals surface area contributed by atoms with Gasteiger partial charge in [-0.15, -0.1) is 0 Å². The quantitative estimate of drug-likeness (QED) is 0.876. The number of para-hydroxylation sites is 1. The van der Waals surface area contributed by atoms with Crippen molar-refractivity contribution in [2.24, 2.45) is 0 Å². The average Bonchev–Trinajstić information content (AvgIpc) is 2.44. The van der Waals surface area contributed by atoms with Gasteiger partial charge in [-0.2, -0.15) is 0 Å². The maximum atomic E-state index is 11.1. The zero-order valence-corrected chi connectivity index (χ0v) is 10.9. The fourth-order valence-corrected chi connectivity index (χ4v) is 1.92. The molecule has 1 unspecified atom stereocenters. The van der Waals surface area contributed by atoms with Crippen molar-refractivity contribution in [2.75, 3.05) is 18.6 Å². The Hall–Kier alpha value is -2.14. The molecule has 5 heteroatoms. The first-order valence-electron chi connectivity index (χ1n) is 6.01. The predicted octanol–water partition coefficient (Wildman–Crippen LogP) is 1.75. The Morgan fingerprint density at radius 3 is 2.74 bits per heavy atom. The molecule has 1 atom stereocenters. The highest BCUT2D eigenvalue weighted by Gasteiger charge is 2.16. The molecule has 0 aliphatic heterocycles. The molecule has 1 heterocycles. The second-order valence-electron chi connectivity index (χ2n) is 4.49. The highest BCUT2D eigenvalue weighted by Crippen LogP contribution is 2.27. The van der Waals surface area contributed by atoms with Gasteiger partial charge < -0.3 is 15.1 Å². The number of pyridine rings is 1. The van der Waals surface area contributed by atoms with Crippen LogP contribution in [0.15, 0.2) is 30.3 Å². The number of aliphatic hydroxyl groups excluding tert-OH is 1. The van der Waals surface area contributed by atoms with Gasteiger partial charge in [-0.25, -0.2) is 9.78 Å². The number of hydrogen-bond acceptors (Lipinski definition) is 4. The number of anilines is 1. The van der Waals surface area contributed by atoms with E-state index in [-0.39, 0.29) is 18.3 Å². The van der Waals surface area contributed by atoms with E-state index in [0.717, 1.165) is 11.1 Å². The lowest BCUT2D eigenvalue weighted by Crippen LogP contribution is -2.32. The maximum Gasteiger partial charge on any atom is 0.354 e. The van der Waals surface area contributed by atoms with Crippen molar-refractivity contribution >= 4 is 22.6 Å². The largest absolute Gasteiger partial charge is 0.477 e. The number of fused-ring (bicyclic) bond motifs is 1. The number of carboxylic acids is 1. The van der Waals surface area contributed by atoms with Gasteiger partial charge in [-0.3, -0.25) is 0 Å². The molecule has 0 aliphatic rings. The van der Waals surface area contributed by atoms with Crippen LogP contribution in [0.2, 0.25) is 0 Å². The first-order chi connectivity index (χ1) is 9.04. The minimum atomic E-state index is -1.06. The summed E-state index contributed by atoms with van der Waals surface area (Å²) in [5, 5.41) is 19.2. The fourth-order valence-electron chi connectivity index (χ4n) is 1.92. The lowest BCUT2D eigenvalue weighted by atomic mass is 10.1. The van der Waals surface area contributed by atoms with Crippen molar-refractivity contribution in [3.8, 4) is 0 Å². The lowest BCUT2D eigenvalue weighted by molar-refractivity contribution is 0.0691. The van der Waals surface area contributed by atoms with Crippen LogP contribution in [0.25, 0.3) is 10.9 Å². The van der Waals surface area contributed by atoms with Crippen LogP contribution in [0.5, 0.6) is 0 Å². The van der Waals surface area contributed by atoms with E-state index < -0.39 is 5.97 Å². The Bertz CT molecular complexity index is 613. The number of likely N-dealkylation sites (N-methyl/N-ethyl adjacent to an activating group) is 1. The van der Waals surface area contributed by atoms with Gasteiger partial charge in [0, 0.05) is 24.2 Å². The SMILES string of the molecule is CC(CO)N(C)c1cc(C(=O)O)nc2ccccc12. The van der Waals surface area contributed by atoms with Crippen LogP contribution in [-0.4, -0.2) is 40.9 Å². The Morgan fingerprint density at radius 2 is 2.11 bits per heavy atom. The molecule has 1 aromatic carbocycles. The summed E-state index contributed by atoms with van der Waals surface area (Å²) >= 11 is 0. The Balaban J connectivity index is 2.66. The third-order valence-electron chi connectivity index (χ3n) is 3.22. The van der Waals surface area contributed by atoms with Gasteiger partial charge >= 0.3 is 5.97 Å². The van der Waals surface area contributed by atoms with E-state index in [1.165, 1.54) is 6.07 Å². The molecule has 1 aromatic heterocycles. The number of nitrogens with zero attached hydrogens (tertiary/aromatic N) is 2. The highest BCUT2D eigenvalue weighted by atomic mass is 16.4. The smallest absolute Gasteiger partial charge is 0.354 e. The zero-order chi connectivity index (χ0) is 14.0. The summed E-state index contributed by atoms with van der Waals surface area (Å²) in [6.07, 6.45) is 0. The van der Waals surface area contributed by atoms with Crippen molar-refractivity contribution in [3.05, 3.63) is 36.0 Å². The first-order valence-corrected chi connectivity index (χ1v) is 6.01. The summed E-state index contributed by atoms with van der Waals surface area (Å²) in [5.74, 6) is -1.06. The second kappa shape index (κ2) is 5.24. The molecule has 0 radical (unpaired) electrons. The van der Waals surface area contributed by atoms with Crippen LogP contribution in [0, 0.1) is 0 Å². The molecule has 100 valence electrons. The molecule has 0 fully saturated rings. The molecule has 2 rings (SSSR count). The summed E-state index contributed by atoms with van der Waals surface area (Å²) in [7, 11) is 1.83. The lowest BCUT2D eigenvalue weighted by Gasteiger charge is -2.26. The molecule has 0 saturated heterocycles. The van der Waals surface area contributed by atoms with Crippen LogP contribution >= 0.6 is 0 Å². The van der Waals surface area contributed by atoms with Crippen molar-refractivity contribution in [1.29, 1.82) is 0 Å². The average molecular weight is 260 g/mol. The molecular formula is C14H16N2O3. The van der Waals surface area contributed by atoms with E-state index in [1.54, 1.807) is 6.07 Å². The summed E-state index contributed by atoms with van der Waals surface area (Å²) < 4.78 is 0. The summed E-state index contributed by atoms with van der Waals surface area (Å²) in [4.78, 5) is 17.1. The number of carboxylic acid groups (broad SMARTS) is 1. The fraction of sp³-hybridized carbons (Fsp3) is 0.286. The minimum Gasteiger partial charge on any atom is -0.477 e. The van der Waals surface area contributed by atoms with Crippen LogP contribution < -0.4 is 4.90 Å². The molecule has 5 nitrogen and oxygen atoms in total. The second-order valence-corrected chi connectivity index (χ2v) is 4.49. The van der Waals surface area contributed by atoms with Crippen LogP contribution in [0.4, 0.5) is 5.69 Å². The van der Waals surface area contributed by atoms with E-state index in [1.807, 2.05) is 37.1 Å². The van der Waals surface area contributed by atoms with E-state index in [2.05, 4.69) is 4.98 Å². The molecule has 0 aliphatic carbocycles. The Kier molecular flexibility index (Phi) is 3.66. The van der Waals surface area contributed by atoms with E-state index in [0.29, 0.717) is 5.52 Å². The third kappa shape index (κ3) is 2.51. The number of benzene rings is 1. The summed E-state index contributed by atoms with van der Waals surface area (Å²) in [6.45, 7) is 1.87. The zero-order valence-electron chi connectivity index (χ0n) is 10.9. The van der Waals surface area contributed by atoms with Gasteiger partial charge in [0.15, 0.2) is 5.69 Å². The topological polar surface area (TPSA) is 73.7 Å². The molecule has 19 heavy (non-hydrogen) atoms. The molecule has 0 amide bonds. The molecule has 0 saturated carbocycles. The van der Waals surface area contributed by atoms with E-state index in [4.69, 9.17) is 5.11 Å². The standard InChI is InChI=1S/C14H16N2O3/c1-9(8-17)16(2)13-7-12(14(18)19)15-11-6-4-3-5-10(11)13/h3-7,9,17H,8H2,1-2H3,(H,18,19). The normalized spacial score (nSPS) is 12.4. The molecular weight excluding hydrogens is 244 g/mol. The molecule has 2 aromatic rings. The van der Waals surface area contributed by atoms with E-state index >= 15 is 0 Å². The number of aliphatic hydroxyl groups is 1. The number of rotatable bonds is 4. The Labute approximate surface area is 111 Å². The van der Waals surface area contributed by atoms with Crippen molar-refractivity contribution in [2.45, 2.75) is 13.0 Å². The van der Waals surface area contributed by atoms with Gasteiger partial charge in [-0.1, -0.05) is 18.2 Å². The van der Waals surface area contributed by atoms with Crippen LogP contribution in [-0.2, 0) is 0 Å². The van der Waals surface area contributed by atoms with Crippen molar-refractivity contribution in [1.82, 2.24) is 4.98 Å². The molecule has 0 bridgehead atoms. The first kappa shape index (κ1) is 13.3. The molecule has 2 N–H and O–H groups in total. The predicted molar refractivity (Wildman–Crippen MR) is 73.7 cm³/mol. The van der Waals surface area contributed by atoms with Crippen molar-refractivity contribution < 1.29 is 15.0 Å². The van der Waals surface area contributed by atoms with Crippen LogP contribution in [0.1, 0.15) is 17.4 Å². The van der Waals surface area contributed by atoms with E-state index in [9.17, 15) is 9.90 Å². The van der Waals surface area contributed by atoms with Crippen LogP contribution in [0.3, 0.4) is 0 Å². The number of carbonyl (C=O) groups is 1. The van der Waals surface area contributed by atoms with Crippen molar-refractivity contribution in [3.63, 3.8) is 0 Å². The maximum absolute atomic E-state index is 11.1. The van der Waals surface area contributed by atoms with Gasteiger partial charge in [-0.05, 0) is 19.1 Å². The van der Waals surface area contributed by atoms with Gasteiger partial charge in [0.2, 0.25) is 0 Å². The summed E-state index contributed by atoms with van der Waals surface area (Å²) in [6, 6.07) is 8.81. The highest BCUT2D eigenvalue weighted by molar-refractivity contribution is 5.97. The van der Waals surface area contributed by atoms with Gasteiger partial charge in [0.1, 0.15) is 0 Å². The van der Waals surface area contributed by atoms with Gasteiger partial charge in [0.05, 0.1) is 12.1 Å². The minimum absolute atomic E-state index is 0.00441. The number of aromatic nitrogens is 1. The number of hydrogen-bond donors (Lipinski definition) is 2. The third-order valence-corrected chi connectivity index (χ3v) is 3.22. The monoisotopic (exact) mass is 260 g/mol. The Morgan fingerprint density at radius 1 is 1.42 bits per heavy atom. The molecule has 0 spiro atoms. The summed E-state index contributed by atoms with van der Waals surface area (Å²) in [5.41, 5.74) is 1.39. The number of aromatic carboxylic acids is 1.